The van der Waals surface area contributed by atoms with Crippen LogP contribution in [0.4, 0.5) is 0 Å². The fraction of sp³-hybridized carbons (Fsp3) is 0.250. The van der Waals surface area contributed by atoms with Crippen LogP contribution in [0.5, 0.6) is 0 Å². The lowest BCUT2D eigenvalue weighted by Crippen LogP contribution is -1.99. The Hall–Kier alpha value is -1.03. The number of hydrogen-bond acceptors (Lipinski definition) is 3. The largest absolute Gasteiger partial charge is 0.478 e. The van der Waals surface area contributed by atoms with Crippen molar-refractivity contribution in [2.24, 2.45) is 0 Å². The van der Waals surface area contributed by atoms with Crippen LogP contribution in [-0.2, 0) is 0 Å². The highest BCUT2D eigenvalue weighted by atomic mass is 32.2. The summed E-state index contributed by atoms with van der Waals surface area (Å²) in [7, 11) is 0. The van der Waals surface area contributed by atoms with Gasteiger partial charge in [0.05, 0.1) is 5.56 Å². The van der Waals surface area contributed by atoms with Crippen LogP contribution in [0.1, 0.15) is 17.3 Å². The molecule has 0 aliphatic heterocycles. The van der Waals surface area contributed by atoms with Crippen LogP contribution < -0.4 is 0 Å². The highest BCUT2D eigenvalue weighted by molar-refractivity contribution is 7.99. The van der Waals surface area contributed by atoms with Gasteiger partial charge in [-0.25, -0.2) is 4.79 Å². The summed E-state index contributed by atoms with van der Waals surface area (Å²) in [6, 6.07) is 1.72. The number of carbonyl (C=O) groups is 1. The van der Waals surface area contributed by atoms with Crippen molar-refractivity contribution in [3.63, 3.8) is 0 Å². The first kappa shape index (κ1) is 9.06. The number of pyridine rings is 1. The average Bonchev–Trinajstić information content (AvgIpc) is 2.05. The normalized spacial score (nSPS) is 9.75. The zero-order valence-electron chi connectivity index (χ0n) is 6.65. The number of carboxylic acid groups (broad SMARTS) is 1. The van der Waals surface area contributed by atoms with Crippen LogP contribution >= 0.6 is 11.8 Å². The van der Waals surface area contributed by atoms with Crippen LogP contribution in [0.15, 0.2) is 23.4 Å². The van der Waals surface area contributed by atoms with Crippen LogP contribution in [-0.4, -0.2) is 21.8 Å². The van der Waals surface area contributed by atoms with Gasteiger partial charge in [0.15, 0.2) is 0 Å². The van der Waals surface area contributed by atoms with Crippen LogP contribution in [0, 0.1) is 0 Å². The Morgan fingerprint density at radius 3 is 3.08 bits per heavy atom. The Balaban J connectivity index is 3.00. The monoisotopic (exact) mass is 183 g/mol. The quantitative estimate of drug-likeness (QED) is 0.727. The zero-order chi connectivity index (χ0) is 8.97. The maximum atomic E-state index is 10.6. The molecule has 64 valence electrons. The molecule has 0 bridgehead atoms. The number of rotatable bonds is 3. The molecule has 12 heavy (non-hydrogen) atoms. The molecule has 1 aromatic rings. The first-order valence-corrected chi connectivity index (χ1v) is 4.54. The Morgan fingerprint density at radius 2 is 2.50 bits per heavy atom. The minimum absolute atomic E-state index is 0.282. The lowest BCUT2D eigenvalue weighted by atomic mass is 10.3. The summed E-state index contributed by atoms with van der Waals surface area (Å²) < 4.78 is 0. The lowest BCUT2D eigenvalue weighted by Gasteiger charge is -2.01. The van der Waals surface area contributed by atoms with E-state index in [1.807, 2.05) is 6.92 Å². The summed E-state index contributed by atoms with van der Waals surface area (Å²) in [6.07, 6.45) is 2.98. The summed E-state index contributed by atoms with van der Waals surface area (Å²) in [5.41, 5.74) is 0.282. The van der Waals surface area contributed by atoms with Gasteiger partial charge in [-0.15, -0.1) is 11.8 Å². The van der Waals surface area contributed by atoms with Gasteiger partial charge in [-0.3, -0.25) is 4.98 Å². The van der Waals surface area contributed by atoms with Crippen LogP contribution in [0.3, 0.4) is 0 Å². The van der Waals surface area contributed by atoms with Gasteiger partial charge >= 0.3 is 5.97 Å². The second-order valence-electron chi connectivity index (χ2n) is 2.11. The summed E-state index contributed by atoms with van der Waals surface area (Å²) in [4.78, 5) is 15.2. The summed E-state index contributed by atoms with van der Waals surface area (Å²) in [5.74, 6) is -0.0522. The fourth-order valence-corrected chi connectivity index (χ4v) is 1.59. The Labute approximate surface area is 74.8 Å². The Bertz CT molecular complexity index is 288. The SMILES string of the molecule is CCSc1ccncc1C(=O)O. The molecule has 0 fully saturated rings. The number of carboxylic acids is 1. The van der Waals surface area contributed by atoms with Crippen molar-refractivity contribution < 1.29 is 9.90 Å². The molecule has 0 aliphatic carbocycles. The second-order valence-corrected chi connectivity index (χ2v) is 3.42. The van der Waals surface area contributed by atoms with Crippen molar-refractivity contribution in [2.45, 2.75) is 11.8 Å². The molecular weight excluding hydrogens is 174 g/mol. The molecule has 0 atom stereocenters. The maximum Gasteiger partial charge on any atom is 0.338 e. The van der Waals surface area contributed by atoms with Gasteiger partial charge in [0, 0.05) is 17.3 Å². The predicted molar refractivity (Wildman–Crippen MR) is 47.6 cm³/mol. The molecule has 4 heteroatoms. The van der Waals surface area contributed by atoms with E-state index in [1.165, 1.54) is 18.0 Å². The van der Waals surface area contributed by atoms with Crippen LogP contribution in [0.25, 0.3) is 0 Å². The molecule has 0 radical (unpaired) electrons. The standard InChI is InChI=1S/C8H9NO2S/c1-2-12-7-3-4-9-5-6(7)8(10)11/h3-5H,2H2,1H3,(H,10,11). The second kappa shape index (κ2) is 4.11. The summed E-state index contributed by atoms with van der Waals surface area (Å²) in [5, 5.41) is 8.74. The molecule has 3 nitrogen and oxygen atoms in total. The van der Waals surface area contributed by atoms with E-state index < -0.39 is 5.97 Å². The molecule has 1 heterocycles. The molecular formula is C8H9NO2S. The van der Waals surface area contributed by atoms with Gasteiger partial charge in [0.2, 0.25) is 0 Å². The maximum absolute atomic E-state index is 10.6. The molecule has 0 spiro atoms. The lowest BCUT2D eigenvalue weighted by molar-refractivity contribution is 0.0692. The number of hydrogen-bond donors (Lipinski definition) is 1. The van der Waals surface area contributed by atoms with Gasteiger partial charge in [0.25, 0.3) is 0 Å². The summed E-state index contributed by atoms with van der Waals surface area (Å²) >= 11 is 1.51. The molecule has 1 aromatic heterocycles. The minimum atomic E-state index is -0.918. The van der Waals surface area contributed by atoms with E-state index in [1.54, 1.807) is 12.3 Å². The third-order valence-electron chi connectivity index (χ3n) is 1.31. The van der Waals surface area contributed by atoms with E-state index in [9.17, 15) is 4.79 Å². The van der Waals surface area contributed by atoms with E-state index in [-0.39, 0.29) is 5.56 Å². The van der Waals surface area contributed by atoms with Crippen molar-refractivity contribution in [2.75, 3.05) is 5.75 Å². The van der Waals surface area contributed by atoms with Gasteiger partial charge in [-0.05, 0) is 11.8 Å². The molecule has 0 saturated heterocycles. The van der Waals surface area contributed by atoms with E-state index >= 15 is 0 Å². The van der Waals surface area contributed by atoms with Crippen molar-refractivity contribution in [3.8, 4) is 0 Å². The molecule has 0 saturated carbocycles. The van der Waals surface area contributed by atoms with Crippen molar-refractivity contribution in [1.29, 1.82) is 0 Å². The average molecular weight is 183 g/mol. The number of aromatic nitrogens is 1. The molecule has 0 unspecified atom stereocenters. The van der Waals surface area contributed by atoms with Gasteiger partial charge < -0.3 is 5.11 Å². The highest BCUT2D eigenvalue weighted by Gasteiger charge is 2.08. The van der Waals surface area contributed by atoms with Crippen molar-refractivity contribution in [3.05, 3.63) is 24.0 Å². The van der Waals surface area contributed by atoms with Crippen molar-refractivity contribution in [1.82, 2.24) is 4.98 Å². The Morgan fingerprint density at radius 1 is 1.75 bits per heavy atom. The number of thioether (sulfide) groups is 1. The van der Waals surface area contributed by atoms with E-state index in [0.29, 0.717) is 0 Å². The number of aromatic carboxylic acids is 1. The van der Waals surface area contributed by atoms with Gasteiger partial charge in [-0.1, -0.05) is 6.92 Å². The van der Waals surface area contributed by atoms with Gasteiger partial charge in [0.1, 0.15) is 0 Å². The third kappa shape index (κ3) is 1.98. The highest BCUT2D eigenvalue weighted by Crippen LogP contribution is 2.20. The zero-order valence-corrected chi connectivity index (χ0v) is 7.47. The van der Waals surface area contributed by atoms with E-state index in [4.69, 9.17) is 5.11 Å². The van der Waals surface area contributed by atoms with Crippen LogP contribution in [0.2, 0.25) is 0 Å². The predicted octanol–water partition coefficient (Wildman–Crippen LogP) is 1.89. The molecule has 0 aliphatic rings. The minimum Gasteiger partial charge on any atom is -0.478 e. The first-order valence-electron chi connectivity index (χ1n) is 3.55. The van der Waals surface area contributed by atoms with Crippen molar-refractivity contribution >= 4 is 17.7 Å². The number of nitrogens with zero attached hydrogens (tertiary/aromatic N) is 1. The van der Waals surface area contributed by atoms with E-state index in [0.717, 1.165) is 10.6 Å². The molecule has 0 aromatic carbocycles. The third-order valence-corrected chi connectivity index (χ3v) is 2.27. The molecule has 1 rings (SSSR count). The fourth-order valence-electron chi connectivity index (χ4n) is 0.824. The topological polar surface area (TPSA) is 50.2 Å². The smallest absolute Gasteiger partial charge is 0.338 e. The van der Waals surface area contributed by atoms with E-state index in [2.05, 4.69) is 4.98 Å². The molecule has 0 amide bonds. The first-order chi connectivity index (χ1) is 5.75. The Kier molecular flexibility index (Phi) is 3.10. The van der Waals surface area contributed by atoms with Gasteiger partial charge in [-0.2, -0.15) is 0 Å². The molecule has 1 N–H and O–H groups in total. The summed E-state index contributed by atoms with van der Waals surface area (Å²) in [6.45, 7) is 1.98.